The van der Waals surface area contributed by atoms with Crippen LogP contribution < -0.4 is 4.74 Å². The number of methoxy groups -OCH3 is 1. The van der Waals surface area contributed by atoms with Crippen molar-refractivity contribution in [1.29, 1.82) is 0 Å². The molecule has 1 aromatic rings. The summed E-state index contributed by atoms with van der Waals surface area (Å²) in [6, 6.07) is 6.90. The Hall–Kier alpha value is -1.55. The maximum absolute atomic E-state index is 12.0. The van der Waals surface area contributed by atoms with Gasteiger partial charge < -0.3 is 14.7 Å². The maximum Gasteiger partial charge on any atom is 0.253 e. The molecule has 0 atom stereocenters. The highest BCUT2D eigenvalue weighted by molar-refractivity contribution is 5.94. The Balaban J connectivity index is 2.75. The van der Waals surface area contributed by atoms with Crippen molar-refractivity contribution in [2.24, 2.45) is 0 Å². The zero-order chi connectivity index (χ0) is 13.1. The fourth-order valence-corrected chi connectivity index (χ4v) is 1.61. The van der Waals surface area contributed by atoms with E-state index in [0.29, 0.717) is 11.3 Å². The van der Waals surface area contributed by atoms with E-state index < -0.39 is 5.60 Å². The first-order chi connectivity index (χ1) is 7.83. The molecule has 0 radical (unpaired) electrons. The number of rotatable bonds is 4. The van der Waals surface area contributed by atoms with Crippen LogP contribution in [-0.2, 0) is 0 Å². The van der Waals surface area contributed by atoms with Gasteiger partial charge in [0, 0.05) is 19.2 Å². The standard InChI is InChI=1S/C13H19NO3/c1-13(2,16)9-14(3)12(15)10-5-7-11(17-4)8-6-10/h5-8,16H,9H2,1-4H3. The van der Waals surface area contributed by atoms with Gasteiger partial charge in [-0.05, 0) is 38.1 Å². The van der Waals surface area contributed by atoms with E-state index in [-0.39, 0.29) is 12.5 Å². The molecule has 1 amide bonds. The Morgan fingerprint density at radius 2 is 1.88 bits per heavy atom. The lowest BCUT2D eigenvalue weighted by molar-refractivity contribution is 0.0368. The molecule has 0 fully saturated rings. The highest BCUT2D eigenvalue weighted by atomic mass is 16.5. The lowest BCUT2D eigenvalue weighted by Crippen LogP contribution is -2.39. The molecular formula is C13H19NO3. The molecule has 0 aromatic heterocycles. The average Bonchev–Trinajstić information content (AvgIpc) is 2.26. The van der Waals surface area contributed by atoms with Crippen molar-refractivity contribution >= 4 is 5.91 Å². The minimum atomic E-state index is -0.892. The van der Waals surface area contributed by atoms with Crippen molar-refractivity contribution in [3.05, 3.63) is 29.8 Å². The van der Waals surface area contributed by atoms with E-state index >= 15 is 0 Å². The lowest BCUT2D eigenvalue weighted by Gasteiger charge is -2.25. The number of benzene rings is 1. The lowest BCUT2D eigenvalue weighted by atomic mass is 10.1. The van der Waals surface area contributed by atoms with Gasteiger partial charge in [0.1, 0.15) is 5.75 Å². The Morgan fingerprint density at radius 3 is 2.29 bits per heavy atom. The predicted octanol–water partition coefficient (Wildman–Crippen LogP) is 1.54. The second kappa shape index (κ2) is 5.19. The second-order valence-electron chi connectivity index (χ2n) is 4.70. The molecule has 0 bridgehead atoms. The molecule has 94 valence electrons. The number of ether oxygens (including phenoxy) is 1. The molecule has 1 aromatic carbocycles. The monoisotopic (exact) mass is 237 g/mol. The maximum atomic E-state index is 12.0. The van der Waals surface area contributed by atoms with Gasteiger partial charge in [-0.15, -0.1) is 0 Å². The van der Waals surface area contributed by atoms with Crippen LogP contribution in [0, 0.1) is 0 Å². The first kappa shape index (κ1) is 13.5. The number of hydrogen-bond donors (Lipinski definition) is 1. The van der Waals surface area contributed by atoms with Crippen LogP contribution in [-0.4, -0.2) is 42.2 Å². The summed E-state index contributed by atoms with van der Waals surface area (Å²) in [7, 11) is 3.25. The second-order valence-corrected chi connectivity index (χ2v) is 4.70. The summed E-state index contributed by atoms with van der Waals surface area (Å²) < 4.78 is 5.03. The van der Waals surface area contributed by atoms with Gasteiger partial charge in [0.05, 0.1) is 12.7 Å². The SMILES string of the molecule is COc1ccc(C(=O)N(C)CC(C)(C)O)cc1. The molecule has 0 aliphatic heterocycles. The molecule has 0 aliphatic carbocycles. The van der Waals surface area contributed by atoms with E-state index in [1.165, 1.54) is 4.90 Å². The molecule has 0 spiro atoms. The Kier molecular flexibility index (Phi) is 4.12. The summed E-state index contributed by atoms with van der Waals surface area (Å²) >= 11 is 0. The van der Waals surface area contributed by atoms with Crippen molar-refractivity contribution < 1.29 is 14.6 Å². The van der Waals surface area contributed by atoms with Gasteiger partial charge in [0.15, 0.2) is 0 Å². The fraction of sp³-hybridized carbons (Fsp3) is 0.462. The van der Waals surface area contributed by atoms with E-state index in [9.17, 15) is 9.90 Å². The number of carbonyl (C=O) groups is 1. The first-order valence-electron chi connectivity index (χ1n) is 5.45. The van der Waals surface area contributed by atoms with Gasteiger partial charge >= 0.3 is 0 Å². The molecular weight excluding hydrogens is 218 g/mol. The molecule has 4 nitrogen and oxygen atoms in total. The zero-order valence-electron chi connectivity index (χ0n) is 10.7. The van der Waals surface area contributed by atoms with Gasteiger partial charge in [-0.25, -0.2) is 0 Å². The predicted molar refractivity (Wildman–Crippen MR) is 66.3 cm³/mol. The summed E-state index contributed by atoms with van der Waals surface area (Å²) in [6.07, 6.45) is 0. The number of carbonyl (C=O) groups excluding carboxylic acids is 1. The summed E-state index contributed by atoms with van der Waals surface area (Å²) in [5.41, 5.74) is -0.311. The first-order valence-corrected chi connectivity index (χ1v) is 5.45. The van der Waals surface area contributed by atoms with Crippen LogP contribution in [0.1, 0.15) is 24.2 Å². The van der Waals surface area contributed by atoms with Crippen LogP contribution in [0.5, 0.6) is 5.75 Å². The van der Waals surface area contributed by atoms with E-state index in [1.54, 1.807) is 52.3 Å². The molecule has 0 saturated carbocycles. The molecule has 1 N–H and O–H groups in total. The normalized spacial score (nSPS) is 11.1. The zero-order valence-corrected chi connectivity index (χ0v) is 10.7. The molecule has 0 saturated heterocycles. The number of amides is 1. The number of likely N-dealkylation sites (N-methyl/N-ethyl adjacent to an activating group) is 1. The van der Waals surface area contributed by atoms with E-state index in [2.05, 4.69) is 0 Å². The summed E-state index contributed by atoms with van der Waals surface area (Å²) in [5, 5.41) is 9.65. The fourth-order valence-electron chi connectivity index (χ4n) is 1.61. The molecule has 0 heterocycles. The summed E-state index contributed by atoms with van der Waals surface area (Å²) in [6.45, 7) is 3.63. The Labute approximate surface area is 102 Å². The van der Waals surface area contributed by atoms with Crippen LogP contribution in [0.25, 0.3) is 0 Å². The van der Waals surface area contributed by atoms with Gasteiger partial charge in [-0.1, -0.05) is 0 Å². The van der Waals surface area contributed by atoms with Crippen molar-refractivity contribution in [3.8, 4) is 5.75 Å². The highest BCUT2D eigenvalue weighted by Gasteiger charge is 2.20. The quantitative estimate of drug-likeness (QED) is 0.864. The molecule has 4 heteroatoms. The minimum Gasteiger partial charge on any atom is -0.497 e. The number of hydrogen-bond acceptors (Lipinski definition) is 3. The van der Waals surface area contributed by atoms with Crippen LogP contribution >= 0.6 is 0 Å². The average molecular weight is 237 g/mol. The van der Waals surface area contributed by atoms with Crippen molar-refractivity contribution in [1.82, 2.24) is 4.90 Å². The van der Waals surface area contributed by atoms with Crippen LogP contribution in [0.3, 0.4) is 0 Å². The molecule has 17 heavy (non-hydrogen) atoms. The topological polar surface area (TPSA) is 49.8 Å². The van der Waals surface area contributed by atoms with Gasteiger partial charge in [-0.3, -0.25) is 4.79 Å². The molecule has 0 unspecified atom stereocenters. The van der Waals surface area contributed by atoms with Gasteiger partial charge in [0.25, 0.3) is 5.91 Å². The van der Waals surface area contributed by atoms with Crippen LogP contribution in [0.2, 0.25) is 0 Å². The third-order valence-electron chi connectivity index (χ3n) is 2.31. The van der Waals surface area contributed by atoms with Gasteiger partial charge in [0.2, 0.25) is 0 Å². The van der Waals surface area contributed by atoms with Crippen LogP contribution in [0.4, 0.5) is 0 Å². The van der Waals surface area contributed by atoms with E-state index in [4.69, 9.17) is 4.74 Å². The number of nitrogens with zero attached hydrogens (tertiary/aromatic N) is 1. The van der Waals surface area contributed by atoms with E-state index in [1.807, 2.05) is 0 Å². The highest BCUT2D eigenvalue weighted by Crippen LogP contribution is 2.13. The van der Waals surface area contributed by atoms with Crippen molar-refractivity contribution in [2.45, 2.75) is 19.4 Å². The summed E-state index contributed by atoms with van der Waals surface area (Å²) in [5.74, 6) is 0.599. The number of aliphatic hydroxyl groups is 1. The third kappa shape index (κ3) is 4.07. The van der Waals surface area contributed by atoms with Gasteiger partial charge in [-0.2, -0.15) is 0 Å². The largest absolute Gasteiger partial charge is 0.497 e. The Bertz CT molecular complexity index is 379. The minimum absolute atomic E-state index is 0.116. The smallest absolute Gasteiger partial charge is 0.253 e. The van der Waals surface area contributed by atoms with Crippen molar-refractivity contribution in [3.63, 3.8) is 0 Å². The Morgan fingerprint density at radius 1 is 1.35 bits per heavy atom. The van der Waals surface area contributed by atoms with Crippen LogP contribution in [0.15, 0.2) is 24.3 Å². The van der Waals surface area contributed by atoms with E-state index in [0.717, 1.165) is 0 Å². The third-order valence-corrected chi connectivity index (χ3v) is 2.31. The summed E-state index contributed by atoms with van der Waals surface area (Å²) in [4.78, 5) is 13.5. The molecule has 1 rings (SSSR count). The van der Waals surface area contributed by atoms with Crippen molar-refractivity contribution in [2.75, 3.05) is 20.7 Å². The molecule has 0 aliphatic rings.